The molecule has 2 heterocycles. The molecule has 1 fully saturated rings. The number of urea groups is 1. The fourth-order valence-corrected chi connectivity index (χ4v) is 5.36. The fraction of sp³-hybridized carbons (Fsp3) is 0.371. The first-order valence-electron chi connectivity index (χ1n) is 15.2. The molecule has 1 aliphatic rings. The van der Waals surface area contributed by atoms with E-state index < -0.39 is 12.3 Å². The van der Waals surface area contributed by atoms with Gasteiger partial charge in [-0.3, -0.25) is 9.88 Å². The number of carbonyl (C=O) groups is 1. The monoisotopic (exact) mass is 597 g/mol. The first-order chi connectivity index (χ1) is 21.2. The van der Waals surface area contributed by atoms with Crippen LogP contribution in [0.2, 0.25) is 0 Å². The molecule has 1 aromatic heterocycles. The average molecular weight is 598 g/mol. The maximum absolute atomic E-state index is 13.4. The molecule has 5 rings (SSSR count). The number of aliphatic hydroxyl groups excluding tert-OH is 1. The van der Waals surface area contributed by atoms with Crippen molar-refractivity contribution in [3.8, 4) is 16.9 Å². The van der Waals surface area contributed by atoms with Gasteiger partial charge in [-0.05, 0) is 52.6 Å². The van der Waals surface area contributed by atoms with Crippen molar-refractivity contribution in [2.24, 2.45) is 0 Å². The number of aromatic nitrogens is 1. The number of hydrogen-bond acceptors (Lipinski definition) is 7. The molecule has 1 unspecified atom stereocenters. The van der Waals surface area contributed by atoms with Gasteiger partial charge in [-0.2, -0.15) is 0 Å². The Kier molecular flexibility index (Phi) is 9.68. The summed E-state index contributed by atoms with van der Waals surface area (Å²) in [4.78, 5) is 20.5. The molecule has 0 bridgehead atoms. The van der Waals surface area contributed by atoms with Crippen molar-refractivity contribution in [3.05, 3.63) is 78.1 Å². The number of anilines is 3. The molecule has 0 saturated carbocycles. The van der Waals surface area contributed by atoms with Crippen LogP contribution in [0.4, 0.5) is 21.9 Å². The highest BCUT2D eigenvalue weighted by molar-refractivity contribution is 6.10. The van der Waals surface area contributed by atoms with Crippen LogP contribution in [0.15, 0.2) is 66.9 Å². The van der Waals surface area contributed by atoms with Crippen molar-refractivity contribution in [3.63, 3.8) is 0 Å². The third-order valence-corrected chi connectivity index (χ3v) is 7.91. The number of benzene rings is 3. The number of amides is 2. The fourth-order valence-electron chi connectivity index (χ4n) is 5.36. The Bertz CT molecular complexity index is 1590. The number of pyridine rings is 1. The van der Waals surface area contributed by atoms with Crippen LogP contribution in [-0.4, -0.2) is 60.7 Å². The molecule has 9 heteroatoms. The molecule has 1 atom stereocenters. The van der Waals surface area contributed by atoms with Crippen LogP contribution in [0.25, 0.3) is 21.9 Å². The van der Waals surface area contributed by atoms with Gasteiger partial charge in [0.1, 0.15) is 6.23 Å². The second-order valence-electron chi connectivity index (χ2n) is 12.1. The summed E-state index contributed by atoms with van der Waals surface area (Å²) in [5.41, 5.74) is 5.68. The van der Waals surface area contributed by atoms with Gasteiger partial charge in [-0.25, -0.2) is 4.79 Å². The molecule has 232 valence electrons. The molecule has 44 heavy (non-hydrogen) atoms. The number of fused-ring (bicyclic) bond motifs is 1. The van der Waals surface area contributed by atoms with Gasteiger partial charge in [-0.15, -0.1) is 0 Å². The van der Waals surface area contributed by atoms with E-state index in [0.717, 1.165) is 66.0 Å². The molecular formula is C35H43N5O4. The molecule has 3 aromatic carbocycles. The van der Waals surface area contributed by atoms with E-state index in [4.69, 9.17) is 14.5 Å². The van der Waals surface area contributed by atoms with E-state index in [-0.39, 0.29) is 5.41 Å². The van der Waals surface area contributed by atoms with Gasteiger partial charge >= 0.3 is 6.03 Å². The largest absolute Gasteiger partial charge is 0.492 e. The molecular weight excluding hydrogens is 554 g/mol. The van der Waals surface area contributed by atoms with Crippen LogP contribution in [0, 0.1) is 0 Å². The summed E-state index contributed by atoms with van der Waals surface area (Å²) in [7, 11) is 1.55. The van der Waals surface area contributed by atoms with Gasteiger partial charge in [-0.1, -0.05) is 64.1 Å². The van der Waals surface area contributed by atoms with E-state index in [1.165, 1.54) is 0 Å². The standard InChI is InChI=1S/C35H43N5O4/c1-6-32(41)37-30-19-24(35(2,3)4)20-31(33(30)43-5)39-34(42)38-29-14-13-26(27-9-7-8-10-28(27)29)23-11-12-25(36-21-23)22-40-15-17-44-18-16-40/h7-14,19-21,32,37,41H,6,15-18,22H2,1-5H3,(H2,38,39,42). The summed E-state index contributed by atoms with van der Waals surface area (Å²) in [6.45, 7) is 12.4. The van der Waals surface area contributed by atoms with Crippen LogP contribution in [0.3, 0.4) is 0 Å². The van der Waals surface area contributed by atoms with Gasteiger partial charge < -0.3 is 30.5 Å². The Labute approximate surface area is 259 Å². The zero-order valence-corrected chi connectivity index (χ0v) is 26.2. The lowest BCUT2D eigenvalue weighted by Gasteiger charge is -2.26. The normalized spacial score (nSPS) is 14.7. The van der Waals surface area contributed by atoms with E-state index in [0.29, 0.717) is 29.2 Å². The zero-order chi connectivity index (χ0) is 31.3. The summed E-state index contributed by atoms with van der Waals surface area (Å²) in [5.74, 6) is 0.449. The highest BCUT2D eigenvalue weighted by Gasteiger charge is 2.22. The predicted molar refractivity (Wildman–Crippen MR) is 178 cm³/mol. The molecule has 4 N–H and O–H groups in total. The SMILES string of the molecule is CCC(O)Nc1cc(C(C)(C)C)cc(NC(=O)Nc2ccc(-c3ccc(CN4CCOCC4)nc3)c3ccccc23)c1OC. The molecule has 4 aromatic rings. The average Bonchev–Trinajstić information content (AvgIpc) is 3.01. The van der Waals surface area contributed by atoms with Crippen molar-refractivity contribution in [1.82, 2.24) is 9.88 Å². The van der Waals surface area contributed by atoms with Crippen molar-refractivity contribution >= 4 is 33.9 Å². The number of rotatable bonds is 9. The predicted octanol–water partition coefficient (Wildman–Crippen LogP) is 6.82. The Hall–Kier alpha value is -4.18. The molecule has 1 saturated heterocycles. The van der Waals surface area contributed by atoms with Gasteiger partial charge in [0.15, 0.2) is 5.75 Å². The number of nitrogens with one attached hydrogen (secondary N) is 3. The Morgan fingerprint density at radius 2 is 1.70 bits per heavy atom. The maximum Gasteiger partial charge on any atom is 0.323 e. The van der Waals surface area contributed by atoms with Crippen LogP contribution < -0.4 is 20.7 Å². The Morgan fingerprint density at radius 3 is 2.36 bits per heavy atom. The minimum atomic E-state index is -0.748. The first-order valence-corrected chi connectivity index (χ1v) is 15.2. The zero-order valence-electron chi connectivity index (χ0n) is 26.2. The first kappa shape index (κ1) is 31.3. The number of ether oxygens (including phenoxy) is 2. The minimum Gasteiger partial charge on any atom is -0.492 e. The van der Waals surface area contributed by atoms with Crippen LogP contribution in [0.1, 0.15) is 45.4 Å². The summed E-state index contributed by atoms with van der Waals surface area (Å²) >= 11 is 0. The maximum atomic E-state index is 13.4. The highest BCUT2D eigenvalue weighted by atomic mass is 16.5. The van der Waals surface area contributed by atoms with E-state index in [1.807, 2.05) is 55.6 Å². The van der Waals surface area contributed by atoms with Crippen LogP contribution in [-0.2, 0) is 16.7 Å². The highest BCUT2D eigenvalue weighted by Crippen LogP contribution is 2.39. The second-order valence-corrected chi connectivity index (χ2v) is 12.1. The van der Waals surface area contributed by atoms with Crippen molar-refractivity contribution in [1.29, 1.82) is 0 Å². The summed E-state index contributed by atoms with van der Waals surface area (Å²) in [6.07, 6.45) is 1.69. The number of morpholine rings is 1. The quantitative estimate of drug-likeness (QED) is 0.157. The molecule has 2 amide bonds. The topological polar surface area (TPSA) is 108 Å². The molecule has 1 aliphatic heterocycles. The lowest BCUT2D eigenvalue weighted by atomic mass is 9.86. The van der Waals surface area contributed by atoms with Crippen molar-refractivity contribution < 1.29 is 19.4 Å². The van der Waals surface area contributed by atoms with E-state index in [9.17, 15) is 9.90 Å². The minimum absolute atomic E-state index is 0.200. The lowest BCUT2D eigenvalue weighted by Crippen LogP contribution is -2.35. The molecule has 0 spiro atoms. The van der Waals surface area contributed by atoms with Crippen molar-refractivity contribution in [2.45, 2.75) is 52.3 Å². The molecule has 9 nitrogen and oxygen atoms in total. The van der Waals surface area contributed by atoms with Gasteiger partial charge in [0, 0.05) is 36.8 Å². The van der Waals surface area contributed by atoms with Crippen LogP contribution >= 0.6 is 0 Å². The van der Waals surface area contributed by atoms with Gasteiger partial charge in [0.25, 0.3) is 0 Å². The third-order valence-electron chi connectivity index (χ3n) is 7.91. The summed E-state index contributed by atoms with van der Waals surface area (Å²) in [6, 6.07) is 19.6. The van der Waals surface area contributed by atoms with E-state index >= 15 is 0 Å². The van der Waals surface area contributed by atoms with Crippen LogP contribution in [0.5, 0.6) is 5.75 Å². The van der Waals surface area contributed by atoms with E-state index in [1.54, 1.807) is 7.11 Å². The lowest BCUT2D eigenvalue weighted by molar-refractivity contribution is 0.0336. The number of nitrogens with zero attached hydrogens (tertiary/aromatic N) is 2. The van der Waals surface area contributed by atoms with Crippen molar-refractivity contribution in [2.75, 3.05) is 49.4 Å². The van der Waals surface area contributed by atoms with Gasteiger partial charge in [0.05, 0.1) is 43.1 Å². The Balaban J connectivity index is 1.39. The summed E-state index contributed by atoms with van der Waals surface area (Å²) in [5, 5.41) is 21.4. The summed E-state index contributed by atoms with van der Waals surface area (Å²) < 4.78 is 11.2. The Morgan fingerprint density at radius 1 is 1.00 bits per heavy atom. The number of hydrogen-bond donors (Lipinski definition) is 4. The second kappa shape index (κ2) is 13.6. The number of aliphatic hydroxyl groups is 1. The van der Waals surface area contributed by atoms with E-state index in [2.05, 4.69) is 59.8 Å². The third kappa shape index (κ3) is 7.30. The number of carbonyl (C=O) groups excluding carboxylic acids is 1. The number of methoxy groups -OCH3 is 1. The smallest absolute Gasteiger partial charge is 0.323 e. The molecule has 0 radical (unpaired) electrons. The van der Waals surface area contributed by atoms with Gasteiger partial charge in [0.2, 0.25) is 0 Å². The molecule has 0 aliphatic carbocycles.